The number of urea groups is 1. The lowest BCUT2D eigenvalue weighted by Crippen LogP contribution is -2.39. The van der Waals surface area contributed by atoms with Gasteiger partial charge in [-0.25, -0.2) is 9.78 Å². The molecule has 22 heavy (non-hydrogen) atoms. The number of nitrogens with one attached hydrogen (secondary N) is 1. The number of thiazole rings is 1. The lowest BCUT2D eigenvalue weighted by molar-refractivity contribution is 0.203. The Labute approximate surface area is 135 Å². The fourth-order valence-electron chi connectivity index (χ4n) is 2.92. The molecule has 1 aromatic heterocycles. The largest absolute Gasteiger partial charge is 0.329 e. The summed E-state index contributed by atoms with van der Waals surface area (Å²) in [4.78, 5) is 18.5. The van der Waals surface area contributed by atoms with Gasteiger partial charge in [-0.15, -0.1) is 11.3 Å². The van der Waals surface area contributed by atoms with Crippen molar-refractivity contribution < 1.29 is 4.79 Å². The minimum Gasteiger partial charge on any atom is -0.329 e. The van der Waals surface area contributed by atoms with Crippen LogP contribution in [0.5, 0.6) is 0 Å². The van der Waals surface area contributed by atoms with Crippen molar-refractivity contribution >= 4 is 17.4 Å². The Hall–Kier alpha value is -1.88. The summed E-state index contributed by atoms with van der Waals surface area (Å²) >= 11 is 1.57. The Morgan fingerprint density at radius 1 is 1.45 bits per heavy atom. The first-order valence-electron chi connectivity index (χ1n) is 7.71. The molecule has 1 fully saturated rings. The zero-order valence-corrected chi connectivity index (χ0v) is 13.6. The molecule has 1 aromatic carbocycles. The van der Waals surface area contributed by atoms with Crippen LogP contribution in [0, 0.1) is 5.92 Å². The van der Waals surface area contributed by atoms with Gasteiger partial charge in [-0.05, 0) is 31.2 Å². The van der Waals surface area contributed by atoms with Crippen molar-refractivity contribution in [1.29, 1.82) is 0 Å². The van der Waals surface area contributed by atoms with Crippen molar-refractivity contribution in [1.82, 2.24) is 15.2 Å². The van der Waals surface area contributed by atoms with E-state index in [9.17, 15) is 4.79 Å². The highest BCUT2D eigenvalue weighted by Gasteiger charge is 2.27. The monoisotopic (exact) mass is 315 g/mol. The number of carbonyl (C=O) groups is 1. The molecule has 0 aliphatic carbocycles. The smallest absolute Gasteiger partial charge is 0.317 e. The number of benzene rings is 1. The highest BCUT2D eigenvalue weighted by Crippen LogP contribution is 2.22. The molecular formula is C17H21N3OS. The van der Waals surface area contributed by atoms with Gasteiger partial charge in [0.15, 0.2) is 0 Å². The van der Waals surface area contributed by atoms with E-state index in [1.54, 1.807) is 17.5 Å². The topological polar surface area (TPSA) is 45.2 Å². The molecule has 0 saturated carbocycles. The summed E-state index contributed by atoms with van der Waals surface area (Å²) in [6, 6.07) is 10.5. The molecule has 3 rings (SSSR count). The van der Waals surface area contributed by atoms with Crippen LogP contribution in [-0.2, 0) is 6.42 Å². The number of likely N-dealkylation sites (tertiary alicyclic amines) is 1. The summed E-state index contributed by atoms with van der Waals surface area (Å²) in [7, 11) is 0. The average molecular weight is 315 g/mol. The van der Waals surface area contributed by atoms with Crippen LogP contribution in [0.4, 0.5) is 4.79 Å². The Balaban J connectivity index is 1.50. The second-order valence-corrected chi connectivity index (χ2v) is 6.76. The predicted molar refractivity (Wildman–Crippen MR) is 88.9 cm³/mol. The predicted octanol–water partition coefficient (Wildman–Crippen LogP) is 3.48. The Morgan fingerprint density at radius 3 is 3.00 bits per heavy atom. The van der Waals surface area contributed by atoms with E-state index in [2.05, 4.69) is 34.6 Å². The van der Waals surface area contributed by atoms with Crippen molar-refractivity contribution in [2.24, 2.45) is 5.92 Å². The number of carbonyl (C=O) groups excluding carboxylic acids is 1. The van der Waals surface area contributed by atoms with Crippen LogP contribution in [0.3, 0.4) is 0 Å². The van der Waals surface area contributed by atoms with E-state index < -0.39 is 0 Å². The molecule has 2 amide bonds. The number of nitrogens with zero attached hydrogens (tertiary/aromatic N) is 2. The first-order valence-corrected chi connectivity index (χ1v) is 8.59. The molecule has 2 heterocycles. The molecule has 4 nitrogen and oxygen atoms in total. The van der Waals surface area contributed by atoms with Crippen LogP contribution < -0.4 is 5.32 Å². The normalized spacial score (nSPS) is 19.1. The maximum Gasteiger partial charge on any atom is 0.317 e. The molecule has 0 spiro atoms. The third-order valence-corrected chi connectivity index (χ3v) is 5.06. The first kappa shape index (κ1) is 15.0. The van der Waals surface area contributed by atoms with E-state index in [0.29, 0.717) is 5.92 Å². The minimum absolute atomic E-state index is 0.0262. The molecule has 0 unspecified atom stereocenters. The lowest BCUT2D eigenvalue weighted by Gasteiger charge is -2.20. The van der Waals surface area contributed by atoms with Crippen LogP contribution in [0.25, 0.3) is 0 Å². The fraction of sp³-hybridized carbons (Fsp3) is 0.412. The van der Waals surface area contributed by atoms with Gasteiger partial charge in [0.1, 0.15) is 5.01 Å². The molecular weight excluding hydrogens is 294 g/mol. The van der Waals surface area contributed by atoms with Crippen LogP contribution in [-0.4, -0.2) is 29.0 Å². The quantitative estimate of drug-likeness (QED) is 0.939. The van der Waals surface area contributed by atoms with Crippen LogP contribution in [0.1, 0.15) is 30.0 Å². The van der Waals surface area contributed by atoms with Gasteiger partial charge in [0.05, 0.1) is 6.04 Å². The van der Waals surface area contributed by atoms with Gasteiger partial charge < -0.3 is 10.2 Å². The number of amides is 2. The first-order chi connectivity index (χ1) is 10.7. The number of rotatable bonds is 4. The van der Waals surface area contributed by atoms with Crippen molar-refractivity contribution in [2.75, 3.05) is 13.1 Å². The third-order valence-electron chi connectivity index (χ3n) is 4.10. The summed E-state index contributed by atoms with van der Waals surface area (Å²) in [5, 5.41) is 5.93. The zero-order valence-electron chi connectivity index (χ0n) is 12.7. The third kappa shape index (κ3) is 3.65. The van der Waals surface area contributed by atoms with Crippen molar-refractivity contribution in [3.8, 4) is 0 Å². The van der Waals surface area contributed by atoms with Crippen molar-refractivity contribution in [3.63, 3.8) is 0 Å². The molecule has 116 valence electrons. The van der Waals surface area contributed by atoms with Gasteiger partial charge in [0.2, 0.25) is 0 Å². The number of hydrogen-bond acceptors (Lipinski definition) is 3. The molecule has 1 aliphatic rings. The molecule has 1 N–H and O–H groups in total. The van der Waals surface area contributed by atoms with E-state index in [-0.39, 0.29) is 12.1 Å². The van der Waals surface area contributed by atoms with Crippen molar-refractivity contribution in [2.45, 2.75) is 25.8 Å². The van der Waals surface area contributed by atoms with Gasteiger partial charge in [0, 0.05) is 24.7 Å². The SMILES string of the molecule is C[C@H](NC(=O)N1CC[C@H](Cc2ccccc2)C1)c1nccs1. The molecule has 2 atom stereocenters. The summed E-state index contributed by atoms with van der Waals surface area (Å²) in [5.74, 6) is 0.559. The number of hydrogen-bond donors (Lipinski definition) is 1. The van der Waals surface area contributed by atoms with Gasteiger partial charge in [-0.3, -0.25) is 0 Å². The second kappa shape index (κ2) is 6.92. The van der Waals surface area contributed by atoms with E-state index >= 15 is 0 Å². The summed E-state index contributed by atoms with van der Waals surface area (Å²) in [6.07, 6.45) is 3.90. The van der Waals surface area contributed by atoms with E-state index in [4.69, 9.17) is 0 Å². The maximum atomic E-state index is 12.3. The zero-order chi connectivity index (χ0) is 15.4. The molecule has 0 bridgehead atoms. The fourth-order valence-corrected chi connectivity index (χ4v) is 3.56. The van der Waals surface area contributed by atoms with Gasteiger partial charge >= 0.3 is 6.03 Å². The average Bonchev–Trinajstić information content (AvgIpc) is 3.19. The molecule has 0 radical (unpaired) electrons. The van der Waals surface area contributed by atoms with E-state index in [1.807, 2.05) is 23.3 Å². The molecule has 1 aliphatic heterocycles. The Kier molecular flexibility index (Phi) is 4.73. The van der Waals surface area contributed by atoms with Gasteiger partial charge in [0.25, 0.3) is 0 Å². The molecule has 1 saturated heterocycles. The van der Waals surface area contributed by atoms with Crippen LogP contribution in [0.15, 0.2) is 41.9 Å². The summed E-state index contributed by atoms with van der Waals surface area (Å²) < 4.78 is 0. The Morgan fingerprint density at radius 2 is 2.27 bits per heavy atom. The standard InChI is InChI=1S/C17H21N3OS/c1-13(16-18-8-10-22-16)19-17(21)20-9-7-15(12-20)11-14-5-3-2-4-6-14/h2-6,8,10,13,15H,7,9,11-12H2,1H3,(H,19,21)/t13-,15+/m0/s1. The van der Waals surface area contributed by atoms with Gasteiger partial charge in [-0.1, -0.05) is 30.3 Å². The van der Waals surface area contributed by atoms with E-state index in [0.717, 1.165) is 30.9 Å². The maximum absolute atomic E-state index is 12.3. The number of aromatic nitrogens is 1. The van der Waals surface area contributed by atoms with Crippen molar-refractivity contribution in [3.05, 3.63) is 52.5 Å². The van der Waals surface area contributed by atoms with Crippen LogP contribution in [0.2, 0.25) is 0 Å². The second-order valence-electron chi connectivity index (χ2n) is 5.83. The Bertz CT molecular complexity index is 600. The molecule has 5 heteroatoms. The van der Waals surface area contributed by atoms with E-state index in [1.165, 1.54) is 5.56 Å². The van der Waals surface area contributed by atoms with Crippen LogP contribution >= 0.6 is 11.3 Å². The lowest BCUT2D eigenvalue weighted by atomic mass is 9.99. The molecule has 2 aromatic rings. The van der Waals surface area contributed by atoms with Gasteiger partial charge in [-0.2, -0.15) is 0 Å². The highest BCUT2D eigenvalue weighted by molar-refractivity contribution is 7.09. The highest BCUT2D eigenvalue weighted by atomic mass is 32.1. The summed E-state index contributed by atoms with van der Waals surface area (Å²) in [6.45, 7) is 3.66. The summed E-state index contributed by atoms with van der Waals surface area (Å²) in [5.41, 5.74) is 1.35. The minimum atomic E-state index is -0.0272.